The summed E-state index contributed by atoms with van der Waals surface area (Å²) < 4.78 is 0.0746. The molecule has 0 bridgehead atoms. The monoisotopic (exact) mass is 261 g/mol. The summed E-state index contributed by atoms with van der Waals surface area (Å²) in [6.07, 6.45) is 1.31. The Morgan fingerprint density at radius 2 is 2.06 bits per heavy atom. The third-order valence-electron chi connectivity index (χ3n) is 2.41. The first-order chi connectivity index (χ1) is 8.58. The summed E-state index contributed by atoms with van der Waals surface area (Å²) >= 11 is 4.73. The Kier molecular flexibility index (Phi) is 3.38. The predicted octanol–water partition coefficient (Wildman–Crippen LogP) is 2.20. The van der Waals surface area contributed by atoms with Crippen LogP contribution in [0.2, 0.25) is 0 Å². The van der Waals surface area contributed by atoms with Crippen molar-refractivity contribution >= 4 is 24.1 Å². The lowest BCUT2D eigenvalue weighted by Crippen LogP contribution is -2.13. The molecule has 3 N–H and O–H groups in total. The molecule has 0 aliphatic heterocycles. The fourth-order valence-electron chi connectivity index (χ4n) is 1.45. The number of para-hydroxylation sites is 1. The van der Waals surface area contributed by atoms with Gasteiger partial charge in [-0.3, -0.25) is 14.8 Å². The summed E-state index contributed by atoms with van der Waals surface area (Å²) in [5.41, 5.74) is 1.28. The zero-order valence-electron chi connectivity index (χ0n) is 9.60. The van der Waals surface area contributed by atoms with E-state index in [4.69, 9.17) is 12.2 Å². The number of aromatic hydroxyl groups is 1. The molecule has 0 fully saturated rings. The molecule has 5 nitrogen and oxygen atoms in total. The molecule has 1 heterocycles. The fraction of sp³-hybridized carbons (Fsp3) is 0.0833. The van der Waals surface area contributed by atoms with Crippen LogP contribution in [-0.4, -0.2) is 21.3 Å². The Hall–Kier alpha value is -2.21. The summed E-state index contributed by atoms with van der Waals surface area (Å²) in [4.78, 5) is 20.6. The number of aliphatic imine (C=N–C) groups is 1. The number of hydrogen-bond donors (Lipinski definition) is 3. The van der Waals surface area contributed by atoms with Crippen LogP contribution in [0.3, 0.4) is 0 Å². The van der Waals surface area contributed by atoms with Gasteiger partial charge >= 0.3 is 0 Å². The van der Waals surface area contributed by atoms with Gasteiger partial charge in [-0.1, -0.05) is 18.2 Å². The zero-order valence-corrected chi connectivity index (χ0v) is 10.4. The lowest BCUT2D eigenvalue weighted by Gasteiger charge is -1.99. The highest BCUT2D eigenvalue weighted by molar-refractivity contribution is 7.71. The number of aromatic nitrogens is 2. The average Bonchev–Trinajstić information content (AvgIpc) is 2.30. The van der Waals surface area contributed by atoms with Crippen molar-refractivity contribution in [3.63, 3.8) is 0 Å². The molecule has 1 aromatic carbocycles. The summed E-state index contributed by atoms with van der Waals surface area (Å²) in [5, 5.41) is 9.59. The number of aromatic amines is 2. The molecular weight excluding hydrogens is 250 g/mol. The lowest BCUT2D eigenvalue weighted by molar-refractivity contribution is 0.449. The summed E-state index contributed by atoms with van der Waals surface area (Å²) in [5.74, 6) is -0.291. The van der Waals surface area contributed by atoms with Gasteiger partial charge in [-0.05, 0) is 30.8 Å². The summed E-state index contributed by atoms with van der Waals surface area (Å²) in [7, 11) is 0. The third kappa shape index (κ3) is 2.54. The maximum absolute atomic E-state index is 11.6. The van der Waals surface area contributed by atoms with Crippen LogP contribution < -0.4 is 5.56 Å². The maximum atomic E-state index is 11.6. The number of aryl methyl sites for hydroxylation is 1. The molecule has 0 saturated carbocycles. The highest BCUT2D eigenvalue weighted by atomic mass is 32.1. The standard InChI is InChI=1S/C12H11N3O2S/c1-7-4-2-3-5-9(7)13-6-8-10(16)14-12(18)15-11(8)17/h2-6H,1H3,(H3,14,15,16,17,18). The lowest BCUT2D eigenvalue weighted by atomic mass is 10.2. The van der Waals surface area contributed by atoms with Gasteiger partial charge < -0.3 is 10.1 Å². The summed E-state index contributed by atoms with van der Waals surface area (Å²) in [6, 6.07) is 7.48. The quantitative estimate of drug-likeness (QED) is 0.572. The van der Waals surface area contributed by atoms with E-state index in [0.29, 0.717) is 0 Å². The molecule has 0 atom stereocenters. The van der Waals surface area contributed by atoms with E-state index in [9.17, 15) is 9.90 Å². The normalized spacial score (nSPS) is 10.9. The van der Waals surface area contributed by atoms with E-state index >= 15 is 0 Å². The molecule has 0 amide bonds. The Balaban J connectivity index is 2.45. The molecule has 18 heavy (non-hydrogen) atoms. The highest BCUT2D eigenvalue weighted by Crippen LogP contribution is 2.17. The van der Waals surface area contributed by atoms with E-state index in [1.165, 1.54) is 6.21 Å². The first-order valence-electron chi connectivity index (χ1n) is 5.23. The minimum atomic E-state index is -0.478. The van der Waals surface area contributed by atoms with Crippen LogP contribution in [0.25, 0.3) is 0 Å². The molecule has 0 spiro atoms. The number of hydrogen-bond acceptors (Lipinski definition) is 4. The van der Waals surface area contributed by atoms with Crippen LogP contribution in [-0.2, 0) is 0 Å². The molecule has 0 unspecified atom stereocenters. The second kappa shape index (κ2) is 4.97. The van der Waals surface area contributed by atoms with Gasteiger partial charge in [0.1, 0.15) is 5.56 Å². The van der Waals surface area contributed by atoms with Crippen molar-refractivity contribution in [3.05, 3.63) is 50.5 Å². The van der Waals surface area contributed by atoms with E-state index < -0.39 is 5.56 Å². The Morgan fingerprint density at radius 3 is 2.72 bits per heavy atom. The average molecular weight is 261 g/mol. The van der Waals surface area contributed by atoms with E-state index in [2.05, 4.69) is 15.0 Å². The topological polar surface area (TPSA) is 81.2 Å². The number of rotatable bonds is 2. The summed E-state index contributed by atoms with van der Waals surface area (Å²) in [6.45, 7) is 1.91. The Labute approximate surface area is 108 Å². The van der Waals surface area contributed by atoms with E-state index in [1.807, 2.05) is 31.2 Å². The maximum Gasteiger partial charge on any atom is 0.264 e. The third-order valence-corrected chi connectivity index (χ3v) is 2.61. The van der Waals surface area contributed by atoms with Crippen molar-refractivity contribution in [1.82, 2.24) is 9.97 Å². The first-order valence-corrected chi connectivity index (χ1v) is 5.64. The molecule has 0 radical (unpaired) electrons. The van der Waals surface area contributed by atoms with Crippen LogP contribution in [0.15, 0.2) is 34.1 Å². The van der Waals surface area contributed by atoms with Crippen molar-refractivity contribution in [2.24, 2.45) is 4.99 Å². The minimum absolute atomic E-state index is 0.0480. The van der Waals surface area contributed by atoms with E-state index in [0.717, 1.165) is 11.3 Å². The van der Waals surface area contributed by atoms with E-state index in [-0.39, 0.29) is 16.2 Å². The molecule has 2 rings (SSSR count). The second-order valence-electron chi connectivity index (χ2n) is 3.72. The molecule has 2 aromatic rings. The second-order valence-corrected chi connectivity index (χ2v) is 4.12. The van der Waals surface area contributed by atoms with Crippen LogP contribution in [0.4, 0.5) is 5.69 Å². The Morgan fingerprint density at radius 1 is 1.33 bits per heavy atom. The van der Waals surface area contributed by atoms with Crippen molar-refractivity contribution in [2.45, 2.75) is 6.92 Å². The van der Waals surface area contributed by atoms with Crippen molar-refractivity contribution < 1.29 is 5.11 Å². The van der Waals surface area contributed by atoms with Crippen molar-refractivity contribution in [3.8, 4) is 5.88 Å². The Bertz CT molecular complexity index is 716. The van der Waals surface area contributed by atoms with Crippen LogP contribution >= 0.6 is 12.2 Å². The smallest absolute Gasteiger partial charge is 0.264 e. The van der Waals surface area contributed by atoms with Crippen molar-refractivity contribution in [2.75, 3.05) is 0 Å². The fourth-order valence-corrected chi connectivity index (χ4v) is 1.64. The van der Waals surface area contributed by atoms with Crippen molar-refractivity contribution in [1.29, 1.82) is 0 Å². The largest absolute Gasteiger partial charge is 0.494 e. The number of H-pyrrole nitrogens is 2. The number of nitrogens with zero attached hydrogens (tertiary/aromatic N) is 1. The number of benzene rings is 1. The van der Waals surface area contributed by atoms with Gasteiger partial charge in [-0.2, -0.15) is 0 Å². The van der Waals surface area contributed by atoms with Gasteiger partial charge in [-0.25, -0.2) is 0 Å². The molecule has 6 heteroatoms. The van der Waals surface area contributed by atoms with Gasteiger partial charge in [0.25, 0.3) is 5.56 Å². The predicted molar refractivity (Wildman–Crippen MR) is 72.3 cm³/mol. The molecular formula is C12H11N3O2S. The first kappa shape index (κ1) is 12.3. The molecule has 0 aliphatic rings. The van der Waals surface area contributed by atoms with Crippen LogP contribution in [0.1, 0.15) is 11.1 Å². The number of nitrogens with one attached hydrogen (secondary N) is 2. The van der Waals surface area contributed by atoms with Crippen LogP contribution in [0.5, 0.6) is 5.88 Å². The molecule has 92 valence electrons. The SMILES string of the molecule is Cc1ccccc1N=Cc1c(O)[nH]c(=S)[nH]c1=O. The minimum Gasteiger partial charge on any atom is -0.494 e. The van der Waals surface area contributed by atoms with E-state index in [1.54, 1.807) is 0 Å². The van der Waals surface area contributed by atoms with Gasteiger partial charge in [0, 0.05) is 6.21 Å². The van der Waals surface area contributed by atoms with Gasteiger partial charge in [0.05, 0.1) is 5.69 Å². The molecule has 1 aromatic heterocycles. The molecule has 0 saturated heterocycles. The van der Waals surface area contributed by atoms with Gasteiger partial charge in [-0.15, -0.1) is 0 Å². The zero-order chi connectivity index (χ0) is 13.1. The van der Waals surface area contributed by atoms with Crippen LogP contribution in [0, 0.1) is 11.7 Å². The molecule has 0 aliphatic carbocycles. The highest BCUT2D eigenvalue weighted by Gasteiger charge is 2.04. The van der Waals surface area contributed by atoms with Gasteiger partial charge in [0.15, 0.2) is 4.77 Å². The van der Waals surface area contributed by atoms with Gasteiger partial charge in [0.2, 0.25) is 5.88 Å².